The number of nitrogens with one attached hydrogen (secondary N) is 1. The Kier molecular flexibility index (Phi) is 2.24. The van der Waals surface area contributed by atoms with Gasteiger partial charge in [0.2, 0.25) is 0 Å². The molecule has 0 saturated carbocycles. The maximum Gasteiger partial charge on any atom is 0.149 e. The molecule has 0 spiro atoms. The molecular formula is C11H8BrNO3. The first-order valence-corrected chi connectivity index (χ1v) is 5.54. The van der Waals surface area contributed by atoms with Gasteiger partial charge in [0, 0.05) is 16.3 Å². The third-order valence-electron chi connectivity index (χ3n) is 2.62. The second-order valence-corrected chi connectivity index (χ2v) is 4.25. The highest BCUT2D eigenvalue weighted by Crippen LogP contribution is 2.37. The van der Waals surface area contributed by atoms with Crippen LogP contribution in [-0.4, -0.2) is 5.21 Å². The molecule has 3 rings (SSSR count). The van der Waals surface area contributed by atoms with Crippen molar-refractivity contribution in [2.75, 3.05) is 0 Å². The summed E-state index contributed by atoms with van der Waals surface area (Å²) in [7, 11) is 0. The Labute approximate surface area is 98.9 Å². The highest BCUT2D eigenvalue weighted by Gasteiger charge is 2.16. The third kappa shape index (κ3) is 1.22. The molecular weight excluding hydrogens is 274 g/mol. The largest absolute Gasteiger partial charge is 0.464 e. The summed E-state index contributed by atoms with van der Waals surface area (Å²) in [6, 6.07) is 3.72. The zero-order chi connectivity index (χ0) is 11.1. The van der Waals surface area contributed by atoms with Crippen molar-refractivity contribution in [2.45, 2.75) is 6.54 Å². The summed E-state index contributed by atoms with van der Waals surface area (Å²) >= 11 is 3.49. The van der Waals surface area contributed by atoms with E-state index in [0.29, 0.717) is 6.54 Å². The molecule has 5 heteroatoms. The van der Waals surface area contributed by atoms with Crippen molar-refractivity contribution in [3.8, 4) is 0 Å². The van der Waals surface area contributed by atoms with E-state index in [1.807, 2.05) is 12.1 Å². The molecule has 82 valence electrons. The lowest BCUT2D eigenvalue weighted by molar-refractivity contribution is 0.161. The van der Waals surface area contributed by atoms with Crippen LogP contribution in [0.3, 0.4) is 0 Å². The minimum absolute atomic E-state index is 0.313. The van der Waals surface area contributed by atoms with Crippen LogP contribution in [0.2, 0.25) is 0 Å². The molecule has 0 bridgehead atoms. The third-order valence-corrected chi connectivity index (χ3v) is 3.41. The van der Waals surface area contributed by atoms with Crippen LogP contribution < -0.4 is 5.48 Å². The predicted octanol–water partition coefficient (Wildman–Crippen LogP) is 3.42. The molecule has 2 heterocycles. The van der Waals surface area contributed by atoms with Gasteiger partial charge in [0.15, 0.2) is 0 Å². The summed E-state index contributed by atoms with van der Waals surface area (Å²) in [5, 5.41) is 10.7. The van der Waals surface area contributed by atoms with E-state index < -0.39 is 0 Å². The van der Waals surface area contributed by atoms with Crippen molar-refractivity contribution in [3.63, 3.8) is 0 Å². The Morgan fingerprint density at radius 2 is 1.81 bits per heavy atom. The lowest BCUT2D eigenvalue weighted by atomic mass is 10.1. The van der Waals surface area contributed by atoms with E-state index in [4.69, 9.17) is 14.0 Å². The minimum atomic E-state index is 0.313. The number of hydrogen-bond donors (Lipinski definition) is 2. The van der Waals surface area contributed by atoms with Gasteiger partial charge in [-0.25, -0.2) is 5.48 Å². The van der Waals surface area contributed by atoms with Crippen LogP contribution in [0.5, 0.6) is 0 Å². The lowest BCUT2D eigenvalue weighted by Gasteiger charge is -2.04. The maximum atomic E-state index is 8.85. The van der Waals surface area contributed by atoms with Crippen LogP contribution in [0, 0.1) is 0 Å². The highest BCUT2D eigenvalue weighted by atomic mass is 79.9. The Balaban J connectivity index is 2.51. The molecule has 0 radical (unpaired) electrons. The van der Waals surface area contributed by atoms with Gasteiger partial charge in [0.05, 0.1) is 23.5 Å². The van der Waals surface area contributed by atoms with Gasteiger partial charge in [-0.1, -0.05) is 0 Å². The van der Waals surface area contributed by atoms with Gasteiger partial charge in [0.1, 0.15) is 11.2 Å². The van der Waals surface area contributed by atoms with Gasteiger partial charge < -0.3 is 14.0 Å². The van der Waals surface area contributed by atoms with Crippen LogP contribution in [-0.2, 0) is 6.54 Å². The zero-order valence-corrected chi connectivity index (χ0v) is 9.74. The number of hydrogen-bond acceptors (Lipinski definition) is 4. The van der Waals surface area contributed by atoms with E-state index in [1.165, 1.54) is 0 Å². The normalized spacial score (nSPS) is 11.6. The van der Waals surface area contributed by atoms with Crippen molar-refractivity contribution < 1.29 is 14.0 Å². The van der Waals surface area contributed by atoms with Crippen LogP contribution in [0.4, 0.5) is 0 Å². The number of furan rings is 2. The molecule has 2 aromatic heterocycles. The lowest BCUT2D eigenvalue weighted by Crippen LogP contribution is -2.06. The molecule has 0 amide bonds. The minimum Gasteiger partial charge on any atom is -0.464 e. The van der Waals surface area contributed by atoms with Gasteiger partial charge in [-0.2, -0.15) is 0 Å². The summed E-state index contributed by atoms with van der Waals surface area (Å²) in [4.78, 5) is 0. The van der Waals surface area contributed by atoms with Gasteiger partial charge in [-0.15, -0.1) is 0 Å². The number of rotatable bonds is 2. The summed E-state index contributed by atoms with van der Waals surface area (Å²) in [5.41, 5.74) is 4.55. The molecule has 4 nitrogen and oxygen atoms in total. The topological polar surface area (TPSA) is 58.5 Å². The Morgan fingerprint density at radius 1 is 1.12 bits per heavy atom. The average molecular weight is 282 g/mol. The molecule has 0 aliphatic rings. The summed E-state index contributed by atoms with van der Waals surface area (Å²) in [6.07, 6.45) is 3.24. The summed E-state index contributed by atoms with van der Waals surface area (Å²) in [5.74, 6) is 0. The van der Waals surface area contributed by atoms with Crippen molar-refractivity contribution in [2.24, 2.45) is 0 Å². The number of hydroxylamine groups is 1. The summed E-state index contributed by atoms with van der Waals surface area (Å²) in [6.45, 7) is 0.313. The molecule has 0 saturated heterocycles. The summed E-state index contributed by atoms with van der Waals surface area (Å²) < 4.78 is 11.7. The molecule has 1 aromatic carbocycles. The molecule has 16 heavy (non-hydrogen) atoms. The molecule has 0 fully saturated rings. The molecule has 2 N–H and O–H groups in total. The maximum absolute atomic E-state index is 8.85. The second-order valence-electron chi connectivity index (χ2n) is 3.45. The molecule has 0 aliphatic carbocycles. The Morgan fingerprint density at radius 3 is 2.56 bits per heavy atom. The van der Waals surface area contributed by atoms with Crippen molar-refractivity contribution >= 4 is 37.9 Å². The van der Waals surface area contributed by atoms with E-state index in [2.05, 4.69) is 21.4 Å². The quantitative estimate of drug-likeness (QED) is 0.707. The number of halogens is 1. The first-order valence-electron chi connectivity index (χ1n) is 4.74. The highest BCUT2D eigenvalue weighted by molar-refractivity contribution is 9.10. The number of fused-ring (bicyclic) bond motifs is 2. The fraction of sp³-hybridized carbons (Fsp3) is 0.0909. The van der Waals surface area contributed by atoms with Gasteiger partial charge in [-0.05, 0) is 28.1 Å². The van der Waals surface area contributed by atoms with Crippen LogP contribution in [0.1, 0.15) is 5.56 Å². The van der Waals surface area contributed by atoms with E-state index in [-0.39, 0.29) is 0 Å². The van der Waals surface area contributed by atoms with E-state index in [0.717, 1.165) is 32.0 Å². The fourth-order valence-electron chi connectivity index (χ4n) is 1.93. The Bertz CT molecular complexity index is 604. The van der Waals surface area contributed by atoms with Gasteiger partial charge >= 0.3 is 0 Å². The van der Waals surface area contributed by atoms with Crippen LogP contribution in [0.25, 0.3) is 21.9 Å². The fourth-order valence-corrected chi connectivity index (χ4v) is 2.55. The molecule has 0 atom stereocenters. The first-order chi connectivity index (χ1) is 7.83. The number of benzene rings is 1. The second kappa shape index (κ2) is 3.62. The van der Waals surface area contributed by atoms with Crippen LogP contribution in [0.15, 0.2) is 38.0 Å². The van der Waals surface area contributed by atoms with Crippen molar-refractivity contribution in [1.82, 2.24) is 5.48 Å². The zero-order valence-electron chi connectivity index (χ0n) is 8.16. The Hall–Kier alpha value is -1.30. The smallest absolute Gasteiger partial charge is 0.149 e. The molecule has 0 aliphatic heterocycles. The van der Waals surface area contributed by atoms with Gasteiger partial charge in [-0.3, -0.25) is 0 Å². The van der Waals surface area contributed by atoms with E-state index in [1.54, 1.807) is 12.5 Å². The monoisotopic (exact) mass is 281 g/mol. The average Bonchev–Trinajstić information content (AvgIpc) is 2.92. The molecule has 0 unspecified atom stereocenters. The molecule has 3 aromatic rings. The predicted molar refractivity (Wildman–Crippen MR) is 62.3 cm³/mol. The van der Waals surface area contributed by atoms with Crippen molar-refractivity contribution in [3.05, 3.63) is 34.7 Å². The van der Waals surface area contributed by atoms with E-state index in [9.17, 15) is 0 Å². The standard InChI is InChI=1S/C11H8BrNO3/c12-9-7-2-4-15-10(7)8(5-13-14)6-1-3-16-11(6)9/h1-4,13-14H,5H2. The van der Waals surface area contributed by atoms with Crippen molar-refractivity contribution in [1.29, 1.82) is 0 Å². The van der Waals surface area contributed by atoms with Crippen LogP contribution >= 0.6 is 15.9 Å². The first kappa shape index (κ1) is 9.89. The van der Waals surface area contributed by atoms with E-state index >= 15 is 0 Å². The van der Waals surface area contributed by atoms with Gasteiger partial charge in [0.25, 0.3) is 0 Å². The SMILES string of the molecule is ONCc1c2ccoc2c(Br)c2ccoc12.